The SMILES string of the molecule is COCCN(CC(=O)N1CCc2sccc2C1c1ccc(F)cc1)C(=O)c1ccccc1Br. The van der Waals surface area contributed by atoms with Gasteiger partial charge in [-0.2, -0.15) is 0 Å². The second kappa shape index (κ2) is 10.6. The Bertz CT molecular complexity index is 1130. The number of ether oxygens (including phenoxy) is 1. The van der Waals surface area contributed by atoms with Gasteiger partial charge in [0.15, 0.2) is 0 Å². The Morgan fingerprint density at radius 1 is 1.18 bits per heavy atom. The van der Waals surface area contributed by atoms with E-state index in [-0.39, 0.29) is 30.2 Å². The predicted octanol–water partition coefficient (Wildman–Crippen LogP) is 4.91. The van der Waals surface area contributed by atoms with E-state index in [1.54, 1.807) is 53.7 Å². The van der Waals surface area contributed by atoms with Crippen molar-refractivity contribution in [3.05, 3.63) is 91.8 Å². The zero-order chi connectivity index (χ0) is 23.4. The van der Waals surface area contributed by atoms with Crippen LogP contribution in [-0.4, -0.2) is 55.0 Å². The molecule has 2 aromatic carbocycles. The number of fused-ring (bicyclic) bond motifs is 1. The monoisotopic (exact) mass is 530 g/mol. The lowest BCUT2D eigenvalue weighted by Gasteiger charge is -2.37. The number of hydrogen-bond acceptors (Lipinski definition) is 4. The molecular formula is C25H24BrFN2O3S. The molecule has 1 aliphatic heterocycles. The first kappa shape index (κ1) is 23.6. The van der Waals surface area contributed by atoms with Crippen molar-refractivity contribution in [3.8, 4) is 0 Å². The van der Waals surface area contributed by atoms with Gasteiger partial charge in [-0.05, 0) is 69.2 Å². The third-order valence-corrected chi connectivity index (χ3v) is 7.44. The zero-order valence-electron chi connectivity index (χ0n) is 18.2. The Hall–Kier alpha value is -2.55. The lowest BCUT2D eigenvalue weighted by molar-refractivity contribution is -0.134. The maximum Gasteiger partial charge on any atom is 0.255 e. The maximum absolute atomic E-state index is 13.6. The average molecular weight is 531 g/mol. The number of carbonyl (C=O) groups excluding carboxylic acids is 2. The molecule has 2 heterocycles. The van der Waals surface area contributed by atoms with Crippen LogP contribution in [-0.2, 0) is 16.0 Å². The number of halogens is 2. The molecule has 33 heavy (non-hydrogen) atoms. The minimum absolute atomic E-state index is 0.0688. The van der Waals surface area contributed by atoms with Gasteiger partial charge in [0.05, 0.1) is 18.2 Å². The molecule has 2 amide bonds. The van der Waals surface area contributed by atoms with E-state index in [2.05, 4.69) is 15.9 Å². The number of thiophene rings is 1. The fourth-order valence-electron chi connectivity index (χ4n) is 4.10. The van der Waals surface area contributed by atoms with Gasteiger partial charge in [0.25, 0.3) is 5.91 Å². The first-order chi connectivity index (χ1) is 16.0. The molecule has 172 valence electrons. The highest BCUT2D eigenvalue weighted by atomic mass is 79.9. The smallest absolute Gasteiger partial charge is 0.255 e. The van der Waals surface area contributed by atoms with Crippen molar-refractivity contribution in [2.24, 2.45) is 0 Å². The van der Waals surface area contributed by atoms with Gasteiger partial charge in [0.2, 0.25) is 5.91 Å². The summed E-state index contributed by atoms with van der Waals surface area (Å²) in [5, 5.41) is 2.02. The molecule has 0 aliphatic carbocycles. The van der Waals surface area contributed by atoms with Crippen LogP contribution in [0.2, 0.25) is 0 Å². The summed E-state index contributed by atoms with van der Waals surface area (Å²) in [6.45, 7) is 1.08. The van der Waals surface area contributed by atoms with Crippen LogP contribution < -0.4 is 0 Å². The van der Waals surface area contributed by atoms with Gasteiger partial charge < -0.3 is 14.5 Å². The molecule has 0 saturated carbocycles. The molecule has 0 fully saturated rings. The van der Waals surface area contributed by atoms with Crippen LogP contribution in [0.4, 0.5) is 4.39 Å². The Labute approximate surface area is 204 Å². The highest BCUT2D eigenvalue weighted by molar-refractivity contribution is 9.10. The highest BCUT2D eigenvalue weighted by Crippen LogP contribution is 2.38. The molecule has 0 radical (unpaired) electrons. The molecule has 3 aromatic rings. The summed E-state index contributed by atoms with van der Waals surface area (Å²) < 4.78 is 19.4. The molecule has 0 spiro atoms. The number of nitrogens with zero attached hydrogens (tertiary/aromatic N) is 2. The molecule has 8 heteroatoms. The molecule has 0 N–H and O–H groups in total. The van der Waals surface area contributed by atoms with Crippen molar-refractivity contribution >= 4 is 39.1 Å². The second-order valence-electron chi connectivity index (χ2n) is 7.79. The van der Waals surface area contributed by atoms with E-state index in [0.717, 1.165) is 17.5 Å². The van der Waals surface area contributed by atoms with Crippen LogP contribution >= 0.6 is 27.3 Å². The topological polar surface area (TPSA) is 49.9 Å². The van der Waals surface area contributed by atoms with Crippen molar-refractivity contribution in [3.63, 3.8) is 0 Å². The van der Waals surface area contributed by atoms with Gasteiger partial charge in [-0.3, -0.25) is 9.59 Å². The molecule has 1 aromatic heterocycles. The summed E-state index contributed by atoms with van der Waals surface area (Å²) in [6.07, 6.45) is 0.757. The van der Waals surface area contributed by atoms with E-state index in [9.17, 15) is 14.0 Å². The standard InChI is InChI=1S/C25H24BrFN2O3S/c1-32-14-13-28(25(31)19-4-2-3-5-21(19)26)16-23(30)29-12-10-22-20(11-15-33-22)24(29)17-6-8-18(27)9-7-17/h2-9,11,15,24H,10,12-14,16H2,1H3. The molecule has 4 rings (SSSR count). The van der Waals surface area contributed by atoms with Crippen LogP contribution in [0.15, 0.2) is 64.5 Å². The van der Waals surface area contributed by atoms with Crippen LogP contribution in [0.3, 0.4) is 0 Å². The van der Waals surface area contributed by atoms with Crippen molar-refractivity contribution in [2.75, 3.05) is 33.4 Å². The number of amides is 2. The van der Waals surface area contributed by atoms with Gasteiger partial charge in [-0.1, -0.05) is 24.3 Å². The number of rotatable bonds is 7. The lowest BCUT2D eigenvalue weighted by atomic mass is 9.93. The number of benzene rings is 2. The quantitative estimate of drug-likeness (QED) is 0.436. The van der Waals surface area contributed by atoms with E-state index >= 15 is 0 Å². The van der Waals surface area contributed by atoms with Gasteiger partial charge in [-0.25, -0.2) is 4.39 Å². The summed E-state index contributed by atoms with van der Waals surface area (Å²) in [5.74, 6) is -0.708. The van der Waals surface area contributed by atoms with E-state index in [1.807, 2.05) is 17.5 Å². The van der Waals surface area contributed by atoms with Crippen molar-refractivity contribution in [1.82, 2.24) is 9.80 Å². The summed E-state index contributed by atoms with van der Waals surface area (Å²) in [6, 6.07) is 15.2. The third-order valence-electron chi connectivity index (χ3n) is 5.75. The number of carbonyl (C=O) groups is 2. The minimum Gasteiger partial charge on any atom is -0.383 e. The fraction of sp³-hybridized carbons (Fsp3) is 0.280. The molecule has 1 aliphatic rings. The van der Waals surface area contributed by atoms with Gasteiger partial charge in [-0.15, -0.1) is 11.3 Å². The average Bonchev–Trinajstić information content (AvgIpc) is 3.30. The third kappa shape index (κ3) is 5.18. The van der Waals surface area contributed by atoms with Gasteiger partial charge in [0, 0.05) is 29.5 Å². The Kier molecular flexibility index (Phi) is 7.57. The fourth-order valence-corrected chi connectivity index (χ4v) is 5.46. The van der Waals surface area contributed by atoms with Crippen molar-refractivity contribution < 1.29 is 18.7 Å². The van der Waals surface area contributed by atoms with E-state index < -0.39 is 0 Å². The van der Waals surface area contributed by atoms with E-state index in [1.165, 1.54) is 21.9 Å². The van der Waals surface area contributed by atoms with E-state index in [4.69, 9.17) is 4.74 Å². The van der Waals surface area contributed by atoms with Crippen LogP contribution in [0.5, 0.6) is 0 Å². The van der Waals surface area contributed by atoms with Crippen molar-refractivity contribution in [1.29, 1.82) is 0 Å². The molecule has 1 unspecified atom stereocenters. The second-order valence-corrected chi connectivity index (χ2v) is 9.64. The largest absolute Gasteiger partial charge is 0.383 e. The van der Waals surface area contributed by atoms with Crippen LogP contribution in [0.1, 0.15) is 32.4 Å². The Morgan fingerprint density at radius 3 is 2.67 bits per heavy atom. The van der Waals surface area contributed by atoms with Crippen molar-refractivity contribution in [2.45, 2.75) is 12.5 Å². The lowest BCUT2D eigenvalue weighted by Crippen LogP contribution is -2.47. The van der Waals surface area contributed by atoms with Gasteiger partial charge in [0.1, 0.15) is 12.4 Å². The normalized spacial score (nSPS) is 15.2. The Balaban J connectivity index is 1.62. The minimum atomic E-state index is -0.317. The predicted molar refractivity (Wildman–Crippen MR) is 130 cm³/mol. The summed E-state index contributed by atoms with van der Waals surface area (Å²) in [7, 11) is 1.57. The molecule has 5 nitrogen and oxygen atoms in total. The van der Waals surface area contributed by atoms with E-state index in [0.29, 0.717) is 29.7 Å². The molecule has 1 atom stereocenters. The first-order valence-corrected chi connectivity index (χ1v) is 12.3. The highest BCUT2D eigenvalue weighted by Gasteiger charge is 2.34. The summed E-state index contributed by atoms with van der Waals surface area (Å²) in [4.78, 5) is 31.4. The van der Waals surface area contributed by atoms with Gasteiger partial charge >= 0.3 is 0 Å². The maximum atomic E-state index is 13.6. The van der Waals surface area contributed by atoms with Crippen LogP contribution in [0.25, 0.3) is 0 Å². The number of methoxy groups -OCH3 is 1. The first-order valence-electron chi connectivity index (χ1n) is 10.6. The molecule has 0 saturated heterocycles. The molecular weight excluding hydrogens is 507 g/mol. The summed E-state index contributed by atoms with van der Waals surface area (Å²) >= 11 is 5.10. The molecule has 0 bridgehead atoms. The Morgan fingerprint density at radius 2 is 1.94 bits per heavy atom. The zero-order valence-corrected chi connectivity index (χ0v) is 20.6. The van der Waals surface area contributed by atoms with Crippen LogP contribution in [0, 0.1) is 5.82 Å². The number of hydrogen-bond donors (Lipinski definition) is 0. The summed E-state index contributed by atoms with van der Waals surface area (Å²) in [5.41, 5.74) is 2.41.